The van der Waals surface area contributed by atoms with Crippen LogP contribution in [0.25, 0.3) is 0 Å². The van der Waals surface area contributed by atoms with Gasteiger partial charge in [0.1, 0.15) is 0 Å². The molecule has 2 unspecified atom stereocenters. The van der Waals surface area contributed by atoms with Gasteiger partial charge in [0.2, 0.25) is 0 Å². The molecule has 2 atom stereocenters. The summed E-state index contributed by atoms with van der Waals surface area (Å²) in [4.78, 5) is 2.58. The number of benzene rings is 1. The largest absolute Gasteiger partial charge is 0.371 e. The van der Waals surface area contributed by atoms with E-state index in [1.165, 1.54) is 6.26 Å². The minimum Gasteiger partial charge on any atom is -0.371 e. The molecule has 1 aliphatic rings. The topological polar surface area (TPSA) is 46.6 Å². The van der Waals surface area contributed by atoms with Crippen molar-refractivity contribution in [3.63, 3.8) is 0 Å². The summed E-state index contributed by atoms with van der Waals surface area (Å²) < 4.78 is 28.6. The maximum absolute atomic E-state index is 11.4. The molecule has 0 radical (unpaired) electrons. The van der Waals surface area contributed by atoms with Gasteiger partial charge < -0.3 is 9.64 Å². The van der Waals surface area contributed by atoms with E-state index in [0.717, 1.165) is 24.1 Å². The molecule has 1 aromatic rings. The maximum Gasteiger partial charge on any atom is 0.175 e. The van der Waals surface area contributed by atoms with Crippen molar-refractivity contribution in [3.05, 3.63) is 24.3 Å². The summed E-state index contributed by atoms with van der Waals surface area (Å²) in [7, 11) is -3.13. The molecule has 6 heteroatoms. The van der Waals surface area contributed by atoms with Crippen LogP contribution in [0.1, 0.15) is 6.92 Å². The van der Waals surface area contributed by atoms with Crippen LogP contribution in [-0.2, 0) is 14.6 Å². The Labute approximate surface area is 122 Å². The second kappa shape index (κ2) is 5.81. The molecule has 1 heterocycles. The second-order valence-corrected chi connectivity index (χ2v) is 7.56. The summed E-state index contributed by atoms with van der Waals surface area (Å²) in [5, 5.41) is 0.801. The Morgan fingerprint density at radius 3 is 2.47 bits per heavy atom. The van der Waals surface area contributed by atoms with Gasteiger partial charge in [-0.15, -0.1) is 0 Å². The molecular weight excluding hydrogens is 330 g/mol. The minimum atomic E-state index is -3.13. The fraction of sp³-hybridized carbons (Fsp3) is 0.538. The van der Waals surface area contributed by atoms with Crippen LogP contribution in [0.5, 0.6) is 0 Å². The number of hydrogen-bond donors (Lipinski definition) is 0. The van der Waals surface area contributed by atoms with Crippen molar-refractivity contribution in [1.29, 1.82) is 0 Å². The molecule has 106 valence electrons. The van der Waals surface area contributed by atoms with Gasteiger partial charge in [-0.25, -0.2) is 8.42 Å². The number of sulfone groups is 1. The van der Waals surface area contributed by atoms with Crippen molar-refractivity contribution in [3.8, 4) is 0 Å². The van der Waals surface area contributed by atoms with Crippen molar-refractivity contribution >= 4 is 31.5 Å². The van der Waals surface area contributed by atoms with Crippen LogP contribution in [0, 0.1) is 0 Å². The lowest BCUT2D eigenvalue weighted by atomic mass is 10.2. The van der Waals surface area contributed by atoms with E-state index in [0.29, 0.717) is 4.90 Å². The zero-order chi connectivity index (χ0) is 14.0. The van der Waals surface area contributed by atoms with Gasteiger partial charge >= 0.3 is 0 Å². The highest BCUT2D eigenvalue weighted by Crippen LogP contribution is 2.22. The number of alkyl halides is 1. The van der Waals surface area contributed by atoms with Gasteiger partial charge in [0, 0.05) is 30.4 Å². The normalized spacial score (nSPS) is 24.5. The van der Waals surface area contributed by atoms with E-state index in [1.54, 1.807) is 12.1 Å². The van der Waals surface area contributed by atoms with Gasteiger partial charge in [0.05, 0.1) is 17.1 Å². The first-order valence-corrected chi connectivity index (χ1v) is 9.18. The van der Waals surface area contributed by atoms with Crippen molar-refractivity contribution < 1.29 is 13.2 Å². The molecule has 1 fully saturated rings. The highest BCUT2D eigenvalue weighted by Gasteiger charge is 2.24. The molecule has 0 amide bonds. The average molecular weight is 348 g/mol. The Morgan fingerprint density at radius 1 is 1.32 bits per heavy atom. The molecule has 0 aromatic heterocycles. The molecule has 19 heavy (non-hydrogen) atoms. The number of hydrogen-bond acceptors (Lipinski definition) is 4. The van der Waals surface area contributed by atoms with Crippen LogP contribution in [0.15, 0.2) is 29.2 Å². The maximum atomic E-state index is 11.4. The number of nitrogens with zero attached hydrogens (tertiary/aromatic N) is 1. The summed E-state index contributed by atoms with van der Waals surface area (Å²) in [5.74, 6) is 0. The quantitative estimate of drug-likeness (QED) is 0.785. The van der Waals surface area contributed by atoms with Crippen LogP contribution >= 0.6 is 15.9 Å². The fourth-order valence-electron chi connectivity index (χ4n) is 2.25. The second-order valence-electron chi connectivity index (χ2n) is 4.89. The number of halogens is 1. The summed E-state index contributed by atoms with van der Waals surface area (Å²) >= 11 is 3.45. The average Bonchev–Trinajstić information content (AvgIpc) is 2.37. The Morgan fingerprint density at radius 2 is 1.95 bits per heavy atom. The monoisotopic (exact) mass is 347 g/mol. The molecule has 2 rings (SSSR count). The van der Waals surface area contributed by atoms with Crippen LogP contribution in [0.2, 0.25) is 0 Å². The van der Waals surface area contributed by atoms with E-state index in [-0.39, 0.29) is 12.2 Å². The van der Waals surface area contributed by atoms with E-state index in [2.05, 4.69) is 20.8 Å². The molecule has 0 saturated carbocycles. The molecular formula is C13H18BrNO3S. The summed E-state index contributed by atoms with van der Waals surface area (Å²) in [6.07, 6.45) is 1.56. The van der Waals surface area contributed by atoms with Crippen molar-refractivity contribution in [2.24, 2.45) is 0 Å². The zero-order valence-electron chi connectivity index (χ0n) is 11.0. The molecule has 4 nitrogen and oxygen atoms in total. The van der Waals surface area contributed by atoms with Crippen LogP contribution in [0.3, 0.4) is 0 Å². The van der Waals surface area contributed by atoms with Crippen molar-refractivity contribution in [2.45, 2.75) is 24.0 Å². The van der Waals surface area contributed by atoms with Gasteiger partial charge in [-0.3, -0.25) is 0 Å². The molecule has 1 saturated heterocycles. The van der Waals surface area contributed by atoms with Crippen LogP contribution < -0.4 is 4.90 Å². The summed E-state index contributed by atoms with van der Waals surface area (Å²) in [5.41, 5.74) is 1.04. The minimum absolute atomic E-state index is 0.165. The lowest BCUT2D eigenvalue weighted by Crippen LogP contribution is -2.47. The van der Waals surface area contributed by atoms with Crippen molar-refractivity contribution in [2.75, 3.05) is 29.6 Å². The summed E-state index contributed by atoms with van der Waals surface area (Å²) in [6.45, 7) is 3.68. The molecule has 1 aromatic carbocycles. The van der Waals surface area contributed by atoms with Crippen LogP contribution in [0.4, 0.5) is 5.69 Å². The smallest absolute Gasteiger partial charge is 0.175 e. The molecule has 0 bridgehead atoms. The standard InChI is InChI=1S/C13H18BrNO3S/c1-10-8-15(9-12(7-14)18-10)11-3-5-13(6-4-11)19(2,16)17/h3-6,10,12H,7-9H2,1-2H3. The van der Waals surface area contributed by atoms with Gasteiger partial charge in [0.15, 0.2) is 9.84 Å². The molecule has 0 spiro atoms. The number of rotatable bonds is 3. The van der Waals surface area contributed by atoms with E-state index in [1.807, 2.05) is 19.1 Å². The van der Waals surface area contributed by atoms with Gasteiger partial charge in [-0.05, 0) is 31.2 Å². The SMILES string of the molecule is CC1CN(c2ccc(S(C)(=O)=O)cc2)CC(CBr)O1. The highest BCUT2D eigenvalue weighted by molar-refractivity contribution is 9.09. The highest BCUT2D eigenvalue weighted by atomic mass is 79.9. The van der Waals surface area contributed by atoms with E-state index in [4.69, 9.17) is 4.74 Å². The molecule has 1 aliphatic heterocycles. The summed E-state index contributed by atoms with van der Waals surface area (Å²) in [6, 6.07) is 7.04. The third-order valence-electron chi connectivity index (χ3n) is 3.13. The lowest BCUT2D eigenvalue weighted by Gasteiger charge is -2.37. The number of ether oxygens (including phenoxy) is 1. The van der Waals surface area contributed by atoms with Gasteiger partial charge in [-0.1, -0.05) is 15.9 Å². The van der Waals surface area contributed by atoms with Crippen molar-refractivity contribution in [1.82, 2.24) is 0 Å². The Bertz CT molecular complexity index is 529. The molecule has 0 aliphatic carbocycles. The van der Waals surface area contributed by atoms with E-state index >= 15 is 0 Å². The first kappa shape index (κ1) is 14.8. The fourth-order valence-corrected chi connectivity index (χ4v) is 3.23. The first-order valence-electron chi connectivity index (χ1n) is 6.16. The first-order chi connectivity index (χ1) is 8.90. The Hall–Kier alpha value is -0.590. The Kier molecular flexibility index (Phi) is 4.53. The lowest BCUT2D eigenvalue weighted by molar-refractivity contribution is -0.00199. The number of morpholine rings is 1. The van der Waals surface area contributed by atoms with Gasteiger partial charge in [0.25, 0.3) is 0 Å². The zero-order valence-corrected chi connectivity index (χ0v) is 13.4. The number of anilines is 1. The predicted octanol–water partition coefficient (Wildman–Crippen LogP) is 2.08. The molecule has 0 N–H and O–H groups in total. The van der Waals surface area contributed by atoms with Gasteiger partial charge in [-0.2, -0.15) is 0 Å². The predicted molar refractivity (Wildman–Crippen MR) is 79.9 cm³/mol. The van der Waals surface area contributed by atoms with Crippen LogP contribution in [-0.4, -0.2) is 45.3 Å². The third kappa shape index (κ3) is 3.70. The van der Waals surface area contributed by atoms with E-state index in [9.17, 15) is 8.42 Å². The third-order valence-corrected chi connectivity index (χ3v) is 4.98. The van der Waals surface area contributed by atoms with E-state index < -0.39 is 9.84 Å². The Balaban J connectivity index is 2.18.